The van der Waals surface area contributed by atoms with Crippen molar-refractivity contribution < 1.29 is 19.4 Å². The highest BCUT2D eigenvalue weighted by Crippen LogP contribution is 2.50. The quantitative estimate of drug-likeness (QED) is 0.845. The van der Waals surface area contributed by atoms with Crippen molar-refractivity contribution in [3.63, 3.8) is 0 Å². The Bertz CT molecular complexity index is 879. The maximum absolute atomic E-state index is 12.8. The number of rotatable bonds is 5. The molecular formula is C20H23N3O4. The topological polar surface area (TPSA) is 93.5 Å². The van der Waals surface area contributed by atoms with Gasteiger partial charge in [-0.05, 0) is 50.3 Å². The number of hydrogen-bond acceptors (Lipinski definition) is 4. The van der Waals surface area contributed by atoms with Gasteiger partial charge in [0.2, 0.25) is 0 Å². The number of anilines is 1. The fourth-order valence-electron chi connectivity index (χ4n) is 3.82. The molecule has 1 aromatic carbocycles. The van der Waals surface area contributed by atoms with Gasteiger partial charge in [0.05, 0.1) is 11.5 Å². The van der Waals surface area contributed by atoms with Crippen LogP contribution in [0.25, 0.3) is 0 Å². The summed E-state index contributed by atoms with van der Waals surface area (Å²) >= 11 is 0. The number of carboxylic acids is 1. The number of para-hydroxylation sites is 1. The normalized spacial score (nSPS) is 18.9. The highest BCUT2D eigenvalue weighted by atomic mass is 16.5. The van der Waals surface area contributed by atoms with Gasteiger partial charge >= 0.3 is 5.97 Å². The Labute approximate surface area is 157 Å². The zero-order chi connectivity index (χ0) is 19.0. The molecule has 27 heavy (non-hydrogen) atoms. The Morgan fingerprint density at radius 2 is 1.96 bits per heavy atom. The minimum Gasteiger partial charge on any atom is -0.481 e. The monoisotopic (exact) mass is 369 g/mol. The molecule has 4 rings (SSSR count). The zero-order valence-electron chi connectivity index (χ0n) is 15.3. The first-order chi connectivity index (χ1) is 13.0. The van der Waals surface area contributed by atoms with Crippen molar-refractivity contribution in [2.45, 2.75) is 44.1 Å². The molecule has 1 amide bonds. The number of aromatic nitrogens is 2. The Hall–Kier alpha value is -2.67. The number of nitrogens with one attached hydrogen (secondary N) is 1. The van der Waals surface area contributed by atoms with E-state index in [4.69, 9.17) is 4.74 Å². The average Bonchev–Trinajstić information content (AvgIpc) is 3.39. The van der Waals surface area contributed by atoms with E-state index in [-0.39, 0.29) is 11.9 Å². The van der Waals surface area contributed by atoms with Gasteiger partial charge in [0.1, 0.15) is 0 Å². The third kappa shape index (κ3) is 3.23. The minimum absolute atomic E-state index is 0.245. The Morgan fingerprint density at radius 1 is 1.26 bits per heavy atom. The lowest BCUT2D eigenvalue weighted by Gasteiger charge is -2.23. The predicted octanol–water partition coefficient (Wildman–Crippen LogP) is 2.91. The molecule has 1 aromatic heterocycles. The molecule has 7 nitrogen and oxygen atoms in total. The van der Waals surface area contributed by atoms with Crippen molar-refractivity contribution in [2.24, 2.45) is 0 Å². The molecule has 0 bridgehead atoms. The molecule has 0 radical (unpaired) electrons. The summed E-state index contributed by atoms with van der Waals surface area (Å²) in [6, 6.07) is 9.15. The number of benzene rings is 1. The predicted molar refractivity (Wildman–Crippen MR) is 99.0 cm³/mol. The molecule has 0 spiro atoms. The van der Waals surface area contributed by atoms with Crippen LogP contribution in [0.2, 0.25) is 0 Å². The van der Waals surface area contributed by atoms with Crippen LogP contribution in [0, 0.1) is 6.92 Å². The van der Waals surface area contributed by atoms with Crippen LogP contribution in [0.5, 0.6) is 0 Å². The van der Waals surface area contributed by atoms with Crippen molar-refractivity contribution in [1.29, 1.82) is 0 Å². The van der Waals surface area contributed by atoms with Crippen molar-refractivity contribution in [3.05, 3.63) is 47.3 Å². The van der Waals surface area contributed by atoms with E-state index in [9.17, 15) is 14.7 Å². The number of ether oxygens (including phenoxy) is 1. The standard InChI is InChI=1S/C20H23N3O4/c1-13-12-17(22-23(13)14-6-10-27-11-7-14)18(24)21-16-5-3-2-4-15(16)20(8-9-20)19(25)26/h2-5,12,14H,6-11H2,1H3,(H,21,24)(H,25,26). The summed E-state index contributed by atoms with van der Waals surface area (Å²) in [5, 5.41) is 17.0. The number of carbonyl (C=O) groups is 2. The first-order valence-electron chi connectivity index (χ1n) is 9.29. The highest BCUT2D eigenvalue weighted by molar-refractivity contribution is 6.04. The number of hydrogen-bond donors (Lipinski definition) is 2. The number of aryl methyl sites for hydroxylation is 1. The van der Waals surface area contributed by atoms with Crippen LogP contribution in [0.4, 0.5) is 5.69 Å². The van der Waals surface area contributed by atoms with Crippen LogP contribution in [0.15, 0.2) is 30.3 Å². The van der Waals surface area contributed by atoms with Crippen LogP contribution in [-0.2, 0) is 14.9 Å². The summed E-state index contributed by atoms with van der Waals surface area (Å²) in [5.41, 5.74) is 1.60. The van der Waals surface area contributed by atoms with Gasteiger partial charge in [-0.2, -0.15) is 5.10 Å². The van der Waals surface area contributed by atoms with Gasteiger partial charge < -0.3 is 15.2 Å². The number of amides is 1. The second-order valence-electron chi connectivity index (χ2n) is 7.35. The summed E-state index contributed by atoms with van der Waals surface area (Å²) in [5.74, 6) is -1.17. The first kappa shape index (κ1) is 17.7. The maximum Gasteiger partial charge on any atom is 0.314 e. The van der Waals surface area contributed by atoms with Crippen LogP contribution in [0.3, 0.4) is 0 Å². The molecule has 2 heterocycles. The van der Waals surface area contributed by atoms with E-state index in [0.717, 1.165) is 18.5 Å². The number of aliphatic carboxylic acids is 1. The second kappa shape index (κ2) is 6.81. The molecule has 142 valence electrons. The number of nitrogens with zero attached hydrogens (tertiary/aromatic N) is 2. The molecular weight excluding hydrogens is 346 g/mol. The van der Waals surface area contributed by atoms with Crippen LogP contribution < -0.4 is 5.32 Å². The maximum atomic E-state index is 12.8. The van der Waals surface area contributed by atoms with E-state index in [1.54, 1.807) is 30.3 Å². The lowest BCUT2D eigenvalue weighted by Crippen LogP contribution is -2.23. The summed E-state index contributed by atoms with van der Waals surface area (Å²) in [6.07, 6.45) is 2.94. The number of carboxylic acid groups (broad SMARTS) is 1. The fourth-order valence-corrected chi connectivity index (χ4v) is 3.82. The zero-order valence-corrected chi connectivity index (χ0v) is 15.3. The molecule has 2 fully saturated rings. The number of carbonyl (C=O) groups excluding carboxylic acids is 1. The molecule has 1 saturated carbocycles. The van der Waals surface area contributed by atoms with E-state index in [0.29, 0.717) is 43.0 Å². The van der Waals surface area contributed by atoms with Crippen LogP contribution >= 0.6 is 0 Å². The van der Waals surface area contributed by atoms with Gasteiger partial charge in [-0.3, -0.25) is 14.3 Å². The minimum atomic E-state index is -0.874. The fraction of sp³-hybridized carbons (Fsp3) is 0.450. The third-order valence-electron chi connectivity index (χ3n) is 5.54. The van der Waals surface area contributed by atoms with Crippen LogP contribution in [-0.4, -0.2) is 40.0 Å². The van der Waals surface area contributed by atoms with Crippen LogP contribution in [0.1, 0.15) is 53.5 Å². The summed E-state index contributed by atoms with van der Waals surface area (Å²) in [6.45, 7) is 3.35. The SMILES string of the molecule is Cc1cc(C(=O)Nc2ccccc2C2(C(=O)O)CC2)nn1C1CCOCC1. The van der Waals surface area contributed by atoms with Crippen molar-refractivity contribution >= 4 is 17.6 Å². The average molecular weight is 369 g/mol. The molecule has 7 heteroatoms. The Kier molecular flexibility index (Phi) is 4.47. The molecule has 1 aliphatic carbocycles. The van der Waals surface area contributed by atoms with E-state index < -0.39 is 11.4 Å². The van der Waals surface area contributed by atoms with Gasteiger partial charge in [0.25, 0.3) is 5.91 Å². The lowest BCUT2D eigenvalue weighted by molar-refractivity contribution is -0.140. The summed E-state index contributed by atoms with van der Waals surface area (Å²) in [4.78, 5) is 24.4. The Morgan fingerprint density at radius 3 is 2.63 bits per heavy atom. The van der Waals surface area contributed by atoms with E-state index >= 15 is 0 Å². The van der Waals surface area contributed by atoms with Gasteiger partial charge in [-0.15, -0.1) is 0 Å². The smallest absolute Gasteiger partial charge is 0.314 e. The second-order valence-corrected chi connectivity index (χ2v) is 7.35. The lowest BCUT2D eigenvalue weighted by atomic mass is 9.94. The van der Waals surface area contributed by atoms with Crippen molar-refractivity contribution in [1.82, 2.24) is 9.78 Å². The molecule has 2 aliphatic rings. The third-order valence-corrected chi connectivity index (χ3v) is 5.54. The Balaban J connectivity index is 1.56. The summed E-state index contributed by atoms with van der Waals surface area (Å²) in [7, 11) is 0. The van der Waals surface area contributed by atoms with E-state index in [1.807, 2.05) is 11.6 Å². The van der Waals surface area contributed by atoms with Crippen molar-refractivity contribution in [3.8, 4) is 0 Å². The first-order valence-corrected chi connectivity index (χ1v) is 9.29. The molecule has 1 saturated heterocycles. The largest absolute Gasteiger partial charge is 0.481 e. The molecule has 0 unspecified atom stereocenters. The summed E-state index contributed by atoms with van der Waals surface area (Å²) < 4.78 is 7.30. The molecule has 1 aliphatic heterocycles. The van der Waals surface area contributed by atoms with Gasteiger partial charge in [-0.1, -0.05) is 18.2 Å². The highest BCUT2D eigenvalue weighted by Gasteiger charge is 2.53. The van der Waals surface area contributed by atoms with Gasteiger partial charge in [0, 0.05) is 24.6 Å². The van der Waals surface area contributed by atoms with Gasteiger partial charge in [-0.25, -0.2) is 0 Å². The van der Waals surface area contributed by atoms with E-state index in [1.165, 1.54) is 0 Å². The molecule has 2 N–H and O–H groups in total. The van der Waals surface area contributed by atoms with E-state index in [2.05, 4.69) is 10.4 Å². The molecule has 2 aromatic rings. The molecule has 0 atom stereocenters. The van der Waals surface area contributed by atoms with Gasteiger partial charge in [0.15, 0.2) is 5.69 Å². The van der Waals surface area contributed by atoms with Crippen molar-refractivity contribution in [2.75, 3.05) is 18.5 Å².